The number of ether oxygens (including phenoxy) is 2. The number of hydrogen-bond donors (Lipinski definition) is 2. The molecular weight excluding hydrogens is 330 g/mol. The molecule has 0 aliphatic carbocycles. The summed E-state index contributed by atoms with van der Waals surface area (Å²) in [6, 6.07) is 5.39. The van der Waals surface area contributed by atoms with Gasteiger partial charge < -0.3 is 19.9 Å². The van der Waals surface area contributed by atoms with E-state index in [9.17, 15) is 9.90 Å². The molecule has 8 heteroatoms. The fraction of sp³-hybridized carbons (Fsp3) is 0.188. The summed E-state index contributed by atoms with van der Waals surface area (Å²) in [5.74, 6) is 0.790. The van der Waals surface area contributed by atoms with E-state index in [1.54, 1.807) is 33.3 Å². The number of hydrogen-bond acceptors (Lipinski definition) is 7. The second-order valence-electron chi connectivity index (χ2n) is 4.96. The molecule has 7 nitrogen and oxygen atoms in total. The highest BCUT2D eigenvalue weighted by atomic mass is 32.1. The number of thiophene rings is 1. The number of anilines is 2. The molecule has 1 aromatic carbocycles. The van der Waals surface area contributed by atoms with E-state index in [0.29, 0.717) is 33.1 Å². The van der Waals surface area contributed by atoms with Crippen molar-refractivity contribution in [1.82, 2.24) is 9.97 Å². The summed E-state index contributed by atoms with van der Waals surface area (Å²) in [5, 5.41) is 13.2. The first-order chi connectivity index (χ1) is 11.5. The van der Waals surface area contributed by atoms with Crippen LogP contribution < -0.4 is 14.8 Å². The Labute approximate surface area is 141 Å². The topological polar surface area (TPSA) is 93.6 Å². The molecule has 0 unspecified atom stereocenters. The van der Waals surface area contributed by atoms with Gasteiger partial charge in [-0.2, -0.15) is 0 Å². The first-order valence-electron chi connectivity index (χ1n) is 7.01. The van der Waals surface area contributed by atoms with Gasteiger partial charge in [-0.1, -0.05) is 0 Å². The van der Waals surface area contributed by atoms with E-state index in [0.717, 1.165) is 17.0 Å². The molecule has 0 aliphatic rings. The lowest BCUT2D eigenvalue weighted by atomic mass is 10.2. The van der Waals surface area contributed by atoms with Gasteiger partial charge in [-0.05, 0) is 24.6 Å². The van der Waals surface area contributed by atoms with E-state index in [1.807, 2.05) is 6.07 Å². The second-order valence-corrected chi connectivity index (χ2v) is 5.96. The molecule has 3 rings (SSSR count). The number of carbonyl (C=O) groups is 1. The summed E-state index contributed by atoms with van der Waals surface area (Å²) in [7, 11) is 3.13. The van der Waals surface area contributed by atoms with Crippen molar-refractivity contribution in [2.75, 3.05) is 19.5 Å². The number of aromatic nitrogens is 2. The smallest absolute Gasteiger partial charge is 0.346 e. The maximum atomic E-state index is 11.3. The molecule has 0 radical (unpaired) electrons. The molecule has 3 aromatic rings. The summed E-state index contributed by atoms with van der Waals surface area (Å²) >= 11 is 1.14. The van der Waals surface area contributed by atoms with Crippen LogP contribution in [0.5, 0.6) is 11.5 Å². The molecule has 2 heterocycles. The van der Waals surface area contributed by atoms with Crippen LogP contribution in [0.4, 0.5) is 11.5 Å². The Morgan fingerprint density at radius 1 is 1.21 bits per heavy atom. The van der Waals surface area contributed by atoms with Gasteiger partial charge in [-0.3, -0.25) is 0 Å². The highest BCUT2D eigenvalue weighted by molar-refractivity contribution is 7.20. The monoisotopic (exact) mass is 345 g/mol. The van der Waals surface area contributed by atoms with Gasteiger partial charge in [0.05, 0.1) is 19.6 Å². The van der Waals surface area contributed by atoms with Crippen LogP contribution in [-0.4, -0.2) is 35.3 Å². The third kappa shape index (κ3) is 2.71. The number of rotatable bonds is 5. The quantitative estimate of drug-likeness (QED) is 0.731. The summed E-state index contributed by atoms with van der Waals surface area (Å²) in [6.45, 7) is 1.76. The Hall–Kier alpha value is -2.87. The summed E-state index contributed by atoms with van der Waals surface area (Å²) in [5.41, 5.74) is 1.39. The van der Waals surface area contributed by atoms with Gasteiger partial charge in [-0.25, -0.2) is 14.8 Å². The number of methoxy groups -OCH3 is 2. The van der Waals surface area contributed by atoms with Crippen LogP contribution in [0.15, 0.2) is 24.5 Å². The van der Waals surface area contributed by atoms with Crippen LogP contribution in [0.2, 0.25) is 0 Å². The number of nitrogens with one attached hydrogen (secondary N) is 1. The minimum atomic E-state index is -0.965. The van der Waals surface area contributed by atoms with E-state index in [2.05, 4.69) is 15.3 Å². The Balaban J connectivity index is 2.06. The normalized spacial score (nSPS) is 10.6. The Morgan fingerprint density at radius 2 is 1.96 bits per heavy atom. The van der Waals surface area contributed by atoms with Gasteiger partial charge in [0.2, 0.25) is 0 Å². The molecule has 0 aliphatic heterocycles. The standard InChI is InChI=1S/C16H15N3O4S/c1-8-12-14(17-7-18-15(12)24-13(8)16(20)21)19-9-4-5-10(22-2)11(6-9)23-3/h4-7H,1-3H3,(H,20,21)(H,17,18,19). The second kappa shape index (κ2) is 6.32. The van der Waals surface area contributed by atoms with Crippen molar-refractivity contribution in [3.63, 3.8) is 0 Å². The molecule has 2 aromatic heterocycles. The molecule has 124 valence electrons. The maximum Gasteiger partial charge on any atom is 0.346 e. The van der Waals surface area contributed by atoms with Crippen molar-refractivity contribution in [2.24, 2.45) is 0 Å². The first-order valence-corrected chi connectivity index (χ1v) is 7.83. The zero-order valence-electron chi connectivity index (χ0n) is 13.3. The third-order valence-corrected chi connectivity index (χ3v) is 4.76. The number of nitrogens with zero attached hydrogens (tertiary/aromatic N) is 2. The molecule has 24 heavy (non-hydrogen) atoms. The fourth-order valence-corrected chi connectivity index (χ4v) is 3.41. The largest absolute Gasteiger partial charge is 0.493 e. The van der Waals surface area contributed by atoms with Crippen LogP contribution in [0, 0.1) is 6.92 Å². The van der Waals surface area contributed by atoms with Crippen molar-refractivity contribution in [3.8, 4) is 11.5 Å². The predicted molar refractivity (Wildman–Crippen MR) is 91.9 cm³/mol. The van der Waals surface area contributed by atoms with Crippen molar-refractivity contribution in [1.29, 1.82) is 0 Å². The lowest BCUT2D eigenvalue weighted by Crippen LogP contribution is -1.98. The molecular formula is C16H15N3O4S. The molecule has 0 fully saturated rings. The third-order valence-electron chi connectivity index (χ3n) is 3.57. The average Bonchev–Trinajstić information content (AvgIpc) is 2.93. The Morgan fingerprint density at radius 3 is 2.62 bits per heavy atom. The van der Waals surface area contributed by atoms with Crippen molar-refractivity contribution >= 4 is 39.0 Å². The number of carboxylic acids is 1. The molecule has 2 N–H and O–H groups in total. The number of aryl methyl sites for hydroxylation is 1. The van der Waals surface area contributed by atoms with E-state index >= 15 is 0 Å². The van der Waals surface area contributed by atoms with Crippen LogP contribution in [0.1, 0.15) is 15.2 Å². The number of carboxylic acid groups (broad SMARTS) is 1. The van der Waals surface area contributed by atoms with Crippen LogP contribution in [0.25, 0.3) is 10.2 Å². The van der Waals surface area contributed by atoms with Gasteiger partial charge in [0.15, 0.2) is 11.5 Å². The lowest BCUT2D eigenvalue weighted by Gasteiger charge is -2.11. The molecule has 0 bridgehead atoms. The fourth-order valence-electron chi connectivity index (χ4n) is 2.42. The summed E-state index contributed by atoms with van der Waals surface area (Å²) in [4.78, 5) is 20.6. The molecule has 0 atom stereocenters. The zero-order chi connectivity index (χ0) is 17.3. The summed E-state index contributed by atoms with van der Waals surface area (Å²) < 4.78 is 10.5. The van der Waals surface area contributed by atoms with Gasteiger partial charge in [0.25, 0.3) is 0 Å². The van der Waals surface area contributed by atoms with Crippen LogP contribution in [-0.2, 0) is 0 Å². The maximum absolute atomic E-state index is 11.3. The molecule has 0 spiro atoms. The molecule has 0 saturated heterocycles. The van der Waals surface area contributed by atoms with E-state index in [1.165, 1.54) is 6.33 Å². The van der Waals surface area contributed by atoms with Crippen molar-refractivity contribution in [3.05, 3.63) is 35.0 Å². The van der Waals surface area contributed by atoms with Crippen LogP contribution in [0.3, 0.4) is 0 Å². The molecule has 0 saturated carbocycles. The highest BCUT2D eigenvalue weighted by Gasteiger charge is 2.18. The van der Waals surface area contributed by atoms with Crippen molar-refractivity contribution in [2.45, 2.75) is 6.92 Å². The Kier molecular flexibility index (Phi) is 4.22. The average molecular weight is 345 g/mol. The minimum absolute atomic E-state index is 0.265. The van der Waals surface area contributed by atoms with E-state index in [-0.39, 0.29) is 4.88 Å². The minimum Gasteiger partial charge on any atom is -0.493 e. The number of aromatic carboxylic acids is 1. The zero-order valence-corrected chi connectivity index (χ0v) is 14.1. The van der Waals surface area contributed by atoms with Gasteiger partial charge in [0.1, 0.15) is 21.9 Å². The van der Waals surface area contributed by atoms with Crippen molar-refractivity contribution < 1.29 is 19.4 Å². The first kappa shape index (κ1) is 16.0. The van der Waals surface area contributed by atoms with E-state index in [4.69, 9.17) is 9.47 Å². The molecule has 0 amide bonds. The lowest BCUT2D eigenvalue weighted by molar-refractivity contribution is 0.0701. The Bertz CT molecular complexity index is 923. The SMILES string of the molecule is COc1ccc(Nc2ncnc3sc(C(=O)O)c(C)c23)cc1OC. The number of benzene rings is 1. The van der Waals surface area contributed by atoms with Gasteiger partial charge in [-0.15, -0.1) is 11.3 Å². The van der Waals surface area contributed by atoms with Crippen LogP contribution >= 0.6 is 11.3 Å². The van der Waals surface area contributed by atoms with E-state index < -0.39 is 5.97 Å². The highest BCUT2D eigenvalue weighted by Crippen LogP contribution is 2.36. The number of fused-ring (bicyclic) bond motifs is 1. The summed E-state index contributed by atoms with van der Waals surface area (Å²) in [6.07, 6.45) is 1.41. The predicted octanol–water partition coefficient (Wildman–Crippen LogP) is 3.46. The van der Waals surface area contributed by atoms with Gasteiger partial charge >= 0.3 is 5.97 Å². The van der Waals surface area contributed by atoms with Gasteiger partial charge in [0, 0.05) is 11.8 Å².